The summed E-state index contributed by atoms with van der Waals surface area (Å²) in [6.07, 6.45) is 1.59. The normalized spacial score (nSPS) is 23.0. The van der Waals surface area contributed by atoms with E-state index in [1.807, 2.05) is 0 Å². The van der Waals surface area contributed by atoms with Gasteiger partial charge in [-0.25, -0.2) is 19.3 Å². The van der Waals surface area contributed by atoms with Crippen molar-refractivity contribution in [1.82, 2.24) is 43.2 Å². The molecule has 4 unspecified atom stereocenters. The molecule has 0 spiro atoms. The lowest BCUT2D eigenvalue weighted by atomic mass is 10.1. The molecule has 6 heterocycles. The van der Waals surface area contributed by atoms with Crippen LogP contribution in [0.1, 0.15) is 25.8 Å². The molecular weight excluding hydrogens is 558 g/mol. The number of esters is 1. The second-order valence-electron chi connectivity index (χ2n) is 10.5. The van der Waals surface area contributed by atoms with Gasteiger partial charge < -0.3 is 23.5 Å². The fourth-order valence-electron chi connectivity index (χ4n) is 5.19. The number of H-pyrrole nitrogens is 1. The average molecular weight is 586 g/mol. The Labute approximate surface area is 234 Å². The first-order valence-electron chi connectivity index (χ1n) is 12.9. The molecule has 222 valence electrons. The second-order valence-corrected chi connectivity index (χ2v) is 10.5. The third kappa shape index (κ3) is 4.78. The van der Waals surface area contributed by atoms with Crippen molar-refractivity contribution >= 4 is 17.1 Å². The molecule has 4 aromatic heterocycles. The van der Waals surface area contributed by atoms with Gasteiger partial charge in [0.2, 0.25) is 0 Å². The van der Waals surface area contributed by atoms with Gasteiger partial charge in [0.05, 0.1) is 19.1 Å². The van der Waals surface area contributed by atoms with Crippen LogP contribution in [0.2, 0.25) is 0 Å². The number of aryl methyl sites for hydroxylation is 1. The van der Waals surface area contributed by atoms with Crippen molar-refractivity contribution in [2.24, 2.45) is 14.1 Å². The van der Waals surface area contributed by atoms with Gasteiger partial charge >= 0.3 is 17.3 Å². The van der Waals surface area contributed by atoms with Gasteiger partial charge in [-0.1, -0.05) is 5.21 Å². The SMILES string of the molecule is Cn1c(=O)c2c(ncn2CC(=O)OCc2cn(CC3OC(n4ccc(=O)[nH]c4=O)C4OC(C)(C)OC34)nn2)n(C)c1=O. The molecule has 2 aliphatic rings. The minimum atomic E-state index is -0.928. The molecular formula is C24H27N9O9. The average Bonchev–Trinajstić information content (AvgIpc) is 3.69. The van der Waals surface area contributed by atoms with E-state index in [-0.39, 0.29) is 30.9 Å². The van der Waals surface area contributed by atoms with Crippen LogP contribution in [0.25, 0.3) is 11.2 Å². The number of rotatable bonds is 7. The van der Waals surface area contributed by atoms with E-state index in [2.05, 4.69) is 20.3 Å². The van der Waals surface area contributed by atoms with Crippen molar-refractivity contribution in [3.63, 3.8) is 0 Å². The lowest BCUT2D eigenvalue weighted by Crippen LogP contribution is -2.37. The predicted octanol–water partition coefficient (Wildman–Crippen LogP) is -2.26. The number of ether oxygens (including phenoxy) is 4. The van der Waals surface area contributed by atoms with E-state index in [0.717, 1.165) is 4.57 Å². The van der Waals surface area contributed by atoms with Gasteiger partial charge in [-0.2, -0.15) is 0 Å². The summed E-state index contributed by atoms with van der Waals surface area (Å²) in [7, 11) is 2.83. The Hall–Kier alpha value is -4.68. The Bertz CT molecular complexity index is 1930. The lowest BCUT2D eigenvalue weighted by Gasteiger charge is -2.24. The van der Waals surface area contributed by atoms with Crippen molar-refractivity contribution in [3.8, 4) is 0 Å². The molecule has 42 heavy (non-hydrogen) atoms. The van der Waals surface area contributed by atoms with Gasteiger partial charge in [-0.05, 0) is 13.8 Å². The largest absolute Gasteiger partial charge is 0.458 e. The molecule has 0 aliphatic carbocycles. The third-order valence-electron chi connectivity index (χ3n) is 7.10. The maximum Gasteiger partial charge on any atom is 0.332 e. The van der Waals surface area contributed by atoms with Gasteiger partial charge in [0.15, 0.2) is 23.2 Å². The molecule has 4 aromatic rings. The summed E-state index contributed by atoms with van der Waals surface area (Å²) in [6, 6.07) is 1.22. The summed E-state index contributed by atoms with van der Waals surface area (Å²) >= 11 is 0. The summed E-state index contributed by atoms with van der Waals surface area (Å²) in [4.78, 5) is 67.5. The van der Waals surface area contributed by atoms with Crippen LogP contribution in [0.15, 0.2) is 44.0 Å². The van der Waals surface area contributed by atoms with Crippen molar-refractivity contribution in [3.05, 3.63) is 72.2 Å². The van der Waals surface area contributed by atoms with E-state index in [1.165, 1.54) is 51.1 Å². The number of aromatic nitrogens is 9. The molecule has 0 bridgehead atoms. The maximum absolute atomic E-state index is 12.6. The number of aromatic amines is 1. The molecule has 1 N–H and O–H groups in total. The van der Waals surface area contributed by atoms with Crippen molar-refractivity contribution in [1.29, 1.82) is 0 Å². The summed E-state index contributed by atoms with van der Waals surface area (Å²) < 4.78 is 29.7. The van der Waals surface area contributed by atoms with Gasteiger partial charge in [0.1, 0.15) is 37.2 Å². The maximum atomic E-state index is 12.6. The Balaban J connectivity index is 1.12. The Morgan fingerprint density at radius 3 is 2.64 bits per heavy atom. The molecule has 2 saturated heterocycles. The van der Waals surface area contributed by atoms with E-state index >= 15 is 0 Å². The number of nitrogens with one attached hydrogen (secondary N) is 1. The Morgan fingerprint density at radius 2 is 1.88 bits per heavy atom. The van der Waals surface area contributed by atoms with E-state index < -0.39 is 58.8 Å². The zero-order valence-corrected chi connectivity index (χ0v) is 23.0. The second kappa shape index (κ2) is 10.00. The minimum absolute atomic E-state index is 0.0982. The van der Waals surface area contributed by atoms with Gasteiger partial charge in [0, 0.05) is 26.4 Å². The third-order valence-corrected chi connectivity index (χ3v) is 7.10. The first kappa shape index (κ1) is 27.5. The molecule has 2 fully saturated rings. The summed E-state index contributed by atoms with van der Waals surface area (Å²) in [6.45, 7) is 3.18. The lowest BCUT2D eigenvalue weighted by molar-refractivity contribution is -0.198. The van der Waals surface area contributed by atoms with Crippen molar-refractivity contribution in [2.75, 3.05) is 0 Å². The number of imidazole rings is 1. The van der Waals surface area contributed by atoms with E-state index in [1.54, 1.807) is 20.0 Å². The number of nitrogens with zero attached hydrogens (tertiary/aromatic N) is 8. The predicted molar refractivity (Wildman–Crippen MR) is 139 cm³/mol. The van der Waals surface area contributed by atoms with Crippen LogP contribution in [-0.4, -0.2) is 73.3 Å². The van der Waals surface area contributed by atoms with Crippen LogP contribution in [0.3, 0.4) is 0 Å². The molecule has 0 amide bonds. The van der Waals surface area contributed by atoms with Crippen LogP contribution in [-0.2, 0) is 57.5 Å². The Kier molecular flexibility index (Phi) is 6.54. The van der Waals surface area contributed by atoms with Crippen molar-refractivity contribution < 1.29 is 23.7 Å². The molecule has 18 nitrogen and oxygen atoms in total. The standard InChI is InChI=1S/C24H27N9O9/c1-24(2)41-17-13(40-21(18(17)42-24)33-6-5-14(34)26-22(33)37)8-32-7-12(27-28-32)10-39-15(35)9-31-11-25-19-16(31)20(36)30(4)23(38)29(19)3/h5-7,11,13,17-18,21H,8-10H2,1-4H3,(H,26,34,37). The van der Waals surface area contributed by atoms with Crippen molar-refractivity contribution in [2.45, 2.75) is 63.9 Å². The number of fused-ring (bicyclic) bond motifs is 2. The fraction of sp³-hybridized carbons (Fsp3) is 0.500. The van der Waals surface area contributed by atoms with E-state index in [9.17, 15) is 24.0 Å². The zero-order valence-electron chi connectivity index (χ0n) is 23.0. The summed E-state index contributed by atoms with van der Waals surface area (Å²) in [5, 5.41) is 8.12. The molecule has 4 atom stereocenters. The van der Waals surface area contributed by atoms with E-state index in [0.29, 0.717) is 5.69 Å². The highest BCUT2D eigenvalue weighted by atomic mass is 16.8. The van der Waals surface area contributed by atoms with Crippen LogP contribution >= 0.6 is 0 Å². The smallest absolute Gasteiger partial charge is 0.332 e. The summed E-state index contributed by atoms with van der Waals surface area (Å²) in [5.74, 6) is -1.59. The molecule has 0 saturated carbocycles. The van der Waals surface area contributed by atoms with Crippen LogP contribution in [0.4, 0.5) is 0 Å². The minimum Gasteiger partial charge on any atom is -0.458 e. The Morgan fingerprint density at radius 1 is 1.12 bits per heavy atom. The van der Waals surface area contributed by atoms with Gasteiger partial charge in [-0.3, -0.25) is 33.1 Å². The molecule has 6 rings (SSSR count). The van der Waals surface area contributed by atoms with Gasteiger partial charge in [-0.15, -0.1) is 5.10 Å². The molecule has 0 aromatic carbocycles. The van der Waals surface area contributed by atoms with Crippen LogP contribution < -0.4 is 22.5 Å². The first-order valence-corrected chi connectivity index (χ1v) is 12.9. The molecule has 2 aliphatic heterocycles. The fourth-order valence-corrected chi connectivity index (χ4v) is 5.19. The quantitative estimate of drug-likeness (QED) is 0.228. The van der Waals surface area contributed by atoms with Gasteiger partial charge in [0.25, 0.3) is 11.1 Å². The number of hydrogen-bond donors (Lipinski definition) is 1. The first-order chi connectivity index (χ1) is 19.9. The highest BCUT2D eigenvalue weighted by Gasteiger charge is 2.56. The summed E-state index contributed by atoms with van der Waals surface area (Å²) in [5.41, 5.74) is -1.67. The zero-order chi connectivity index (χ0) is 29.9. The highest BCUT2D eigenvalue weighted by molar-refractivity contribution is 5.75. The van der Waals surface area contributed by atoms with Crippen LogP contribution in [0.5, 0.6) is 0 Å². The monoisotopic (exact) mass is 585 g/mol. The highest BCUT2D eigenvalue weighted by Crippen LogP contribution is 2.42. The number of carbonyl (C=O) groups is 1. The topological polar surface area (TPSA) is 201 Å². The number of hydrogen-bond acceptors (Lipinski definition) is 12. The van der Waals surface area contributed by atoms with E-state index in [4.69, 9.17) is 18.9 Å². The molecule has 18 heteroatoms. The van der Waals surface area contributed by atoms with Crippen LogP contribution in [0, 0.1) is 0 Å². The number of carbonyl (C=O) groups excluding carboxylic acids is 1. The molecule has 0 radical (unpaired) electrons.